The van der Waals surface area contributed by atoms with Crippen molar-refractivity contribution in [2.24, 2.45) is 11.8 Å². The summed E-state index contributed by atoms with van der Waals surface area (Å²) in [6, 6.07) is 8.20. The monoisotopic (exact) mass is 554 g/mol. The molecule has 0 saturated carbocycles. The summed E-state index contributed by atoms with van der Waals surface area (Å²) < 4.78 is 4.46. The van der Waals surface area contributed by atoms with Crippen LogP contribution in [0.2, 0.25) is 0 Å². The van der Waals surface area contributed by atoms with E-state index in [1.54, 1.807) is 33.7 Å². The normalized spacial score (nSPS) is 29.8. The Morgan fingerprint density at radius 3 is 2.56 bits per heavy atom. The van der Waals surface area contributed by atoms with Crippen molar-refractivity contribution in [3.63, 3.8) is 0 Å². The molecule has 3 saturated heterocycles. The molecule has 6 atom stereocenters. The highest BCUT2D eigenvalue weighted by Crippen LogP contribution is 2.71. The Bertz CT molecular complexity index is 1090. The zero-order chi connectivity index (χ0) is 28.4. The number of unbranched alkanes of at least 4 members (excludes halogenated alkanes) is 1. The van der Waals surface area contributed by atoms with Crippen LogP contribution < -0.4 is 0 Å². The van der Waals surface area contributed by atoms with Gasteiger partial charge in [-0.25, -0.2) is 0 Å². The molecule has 0 aromatic heterocycles. The van der Waals surface area contributed by atoms with Crippen LogP contribution in [0, 0.1) is 11.8 Å². The minimum absolute atomic E-state index is 0.102. The second-order valence-corrected chi connectivity index (χ2v) is 13.4. The van der Waals surface area contributed by atoms with Gasteiger partial charge in [0.1, 0.15) is 6.04 Å². The van der Waals surface area contributed by atoms with Crippen molar-refractivity contribution in [2.45, 2.75) is 80.5 Å². The lowest BCUT2D eigenvalue weighted by atomic mass is 9.66. The summed E-state index contributed by atoms with van der Waals surface area (Å²) in [6.07, 6.45) is 6.70. The number of carbonyl (C=O) groups is 3. The van der Waals surface area contributed by atoms with Crippen LogP contribution in [-0.4, -0.2) is 80.1 Å². The Balaban J connectivity index is 1.76. The van der Waals surface area contributed by atoms with Gasteiger partial charge in [-0.3, -0.25) is 14.4 Å². The SMILES string of the molecule is C=CCCCOC(=O)[C@@H]1[C@H]2C(=O)N([C@@H](CO)Cc3ccccc3)C(C(=O)N(CC=C)C(C)C)C23CC[C@@]1(C)S3. The van der Waals surface area contributed by atoms with E-state index < -0.39 is 33.4 Å². The second-order valence-electron chi connectivity index (χ2n) is 11.5. The molecule has 212 valence electrons. The van der Waals surface area contributed by atoms with Gasteiger partial charge in [0.25, 0.3) is 0 Å². The zero-order valence-corrected chi connectivity index (χ0v) is 24.2. The molecule has 3 fully saturated rings. The third-order valence-electron chi connectivity index (χ3n) is 8.65. The Morgan fingerprint density at radius 2 is 1.95 bits per heavy atom. The summed E-state index contributed by atoms with van der Waals surface area (Å²) in [5.74, 6) is -2.06. The lowest BCUT2D eigenvalue weighted by Gasteiger charge is -2.40. The van der Waals surface area contributed by atoms with E-state index in [1.165, 1.54) is 0 Å². The highest BCUT2D eigenvalue weighted by atomic mass is 32.2. The van der Waals surface area contributed by atoms with Crippen molar-refractivity contribution in [3.05, 3.63) is 61.2 Å². The van der Waals surface area contributed by atoms with Crippen LogP contribution in [0.4, 0.5) is 0 Å². The topological polar surface area (TPSA) is 87.1 Å². The number of nitrogens with zero attached hydrogens (tertiary/aromatic N) is 2. The number of fused-ring (bicyclic) bond motifs is 1. The number of esters is 1. The molecule has 39 heavy (non-hydrogen) atoms. The fourth-order valence-electron chi connectivity index (χ4n) is 6.87. The fourth-order valence-corrected chi connectivity index (χ4v) is 9.20. The zero-order valence-electron chi connectivity index (χ0n) is 23.4. The number of hydrogen-bond acceptors (Lipinski definition) is 6. The van der Waals surface area contributed by atoms with Crippen molar-refractivity contribution in [2.75, 3.05) is 19.8 Å². The average molecular weight is 555 g/mol. The molecule has 4 rings (SSSR count). The summed E-state index contributed by atoms with van der Waals surface area (Å²) >= 11 is 1.62. The number of likely N-dealkylation sites (tertiary alicyclic amines) is 1. The Hall–Kier alpha value is -2.58. The maximum absolute atomic E-state index is 14.5. The van der Waals surface area contributed by atoms with E-state index in [4.69, 9.17) is 4.74 Å². The number of hydrogen-bond donors (Lipinski definition) is 1. The summed E-state index contributed by atoms with van der Waals surface area (Å²) in [7, 11) is 0. The first-order valence-electron chi connectivity index (χ1n) is 14.0. The number of amides is 2. The molecule has 2 bridgehead atoms. The van der Waals surface area contributed by atoms with Gasteiger partial charge < -0.3 is 19.6 Å². The largest absolute Gasteiger partial charge is 0.465 e. The molecular weight excluding hydrogens is 512 g/mol. The maximum Gasteiger partial charge on any atom is 0.311 e. The van der Waals surface area contributed by atoms with Gasteiger partial charge in [-0.15, -0.1) is 24.9 Å². The fraction of sp³-hybridized carbons (Fsp3) is 0.581. The van der Waals surface area contributed by atoms with Crippen LogP contribution in [0.25, 0.3) is 0 Å². The molecule has 7 nitrogen and oxygen atoms in total. The van der Waals surface area contributed by atoms with Gasteiger partial charge in [-0.1, -0.05) is 42.5 Å². The summed E-state index contributed by atoms with van der Waals surface area (Å²) in [5.41, 5.74) is 0.971. The minimum atomic E-state index is -0.788. The van der Waals surface area contributed by atoms with Gasteiger partial charge in [-0.2, -0.15) is 0 Å². The summed E-state index contributed by atoms with van der Waals surface area (Å²) in [4.78, 5) is 45.8. The number of aliphatic hydroxyl groups is 1. The minimum Gasteiger partial charge on any atom is -0.465 e. The van der Waals surface area contributed by atoms with Crippen molar-refractivity contribution >= 4 is 29.5 Å². The lowest BCUT2D eigenvalue weighted by molar-refractivity contribution is -0.156. The number of ether oxygens (including phenoxy) is 1. The van der Waals surface area contributed by atoms with Crippen molar-refractivity contribution < 1.29 is 24.2 Å². The van der Waals surface area contributed by atoms with Gasteiger partial charge >= 0.3 is 5.97 Å². The van der Waals surface area contributed by atoms with Gasteiger partial charge in [-0.05, 0) is 58.4 Å². The maximum atomic E-state index is 14.5. The number of benzene rings is 1. The number of aliphatic hydroxyl groups excluding tert-OH is 1. The van der Waals surface area contributed by atoms with Gasteiger partial charge in [0.15, 0.2) is 0 Å². The van der Waals surface area contributed by atoms with Crippen molar-refractivity contribution in [1.29, 1.82) is 0 Å². The summed E-state index contributed by atoms with van der Waals surface area (Å²) in [6.45, 7) is 13.9. The van der Waals surface area contributed by atoms with E-state index >= 15 is 0 Å². The highest BCUT2D eigenvalue weighted by molar-refractivity contribution is 8.02. The first-order valence-corrected chi connectivity index (χ1v) is 14.8. The molecule has 8 heteroatoms. The predicted molar refractivity (Wildman–Crippen MR) is 154 cm³/mol. The Morgan fingerprint density at radius 1 is 1.23 bits per heavy atom. The number of rotatable bonds is 13. The molecule has 2 amide bonds. The van der Waals surface area contributed by atoms with E-state index in [0.717, 1.165) is 18.4 Å². The molecule has 1 spiro atoms. The van der Waals surface area contributed by atoms with Crippen molar-refractivity contribution in [1.82, 2.24) is 9.80 Å². The molecule has 0 aliphatic carbocycles. The number of allylic oxidation sites excluding steroid dienone is 1. The van der Waals surface area contributed by atoms with E-state index in [0.29, 0.717) is 25.8 Å². The molecule has 3 heterocycles. The quantitative estimate of drug-likeness (QED) is 0.225. The summed E-state index contributed by atoms with van der Waals surface area (Å²) in [5, 5.41) is 10.6. The Kier molecular flexibility index (Phi) is 8.96. The number of thioether (sulfide) groups is 1. The highest BCUT2D eigenvalue weighted by Gasteiger charge is 2.78. The van der Waals surface area contributed by atoms with Crippen LogP contribution in [0.15, 0.2) is 55.6 Å². The Labute approximate surface area is 236 Å². The van der Waals surface area contributed by atoms with Crippen LogP contribution >= 0.6 is 11.8 Å². The molecule has 1 aromatic carbocycles. The van der Waals surface area contributed by atoms with Gasteiger partial charge in [0, 0.05) is 17.3 Å². The third-order valence-corrected chi connectivity index (χ3v) is 10.6. The average Bonchev–Trinajstić information content (AvgIpc) is 3.49. The van der Waals surface area contributed by atoms with E-state index in [-0.39, 0.29) is 37.0 Å². The van der Waals surface area contributed by atoms with E-state index in [9.17, 15) is 19.5 Å². The molecule has 1 N–H and O–H groups in total. The lowest BCUT2D eigenvalue weighted by Crippen LogP contribution is -2.58. The molecule has 1 aromatic rings. The first-order chi connectivity index (χ1) is 18.6. The number of carbonyl (C=O) groups excluding carboxylic acids is 3. The van der Waals surface area contributed by atoms with Crippen LogP contribution in [-0.2, 0) is 25.5 Å². The smallest absolute Gasteiger partial charge is 0.311 e. The van der Waals surface area contributed by atoms with Crippen molar-refractivity contribution in [3.8, 4) is 0 Å². The van der Waals surface area contributed by atoms with Crippen LogP contribution in [0.3, 0.4) is 0 Å². The molecule has 2 unspecified atom stereocenters. The van der Waals surface area contributed by atoms with Gasteiger partial charge in [0.2, 0.25) is 11.8 Å². The molecule has 3 aliphatic rings. The van der Waals surface area contributed by atoms with Crippen LogP contribution in [0.5, 0.6) is 0 Å². The first kappa shape index (κ1) is 29.4. The van der Waals surface area contributed by atoms with E-state index in [2.05, 4.69) is 13.2 Å². The predicted octanol–water partition coefficient (Wildman–Crippen LogP) is 4.00. The van der Waals surface area contributed by atoms with E-state index in [1.807, 2.05) is 51.1 Å². The molecule has 0 radical (unpaired) electrons. The molecular formula is C31H42N2O5S. The standard InChI is InChI=1S/C31H42N2O5S/c1-6-8-12-18-38-29(37)25-24-27(35)33(23(20-34)19-22-13-10-9-11-14-22)26(28(36)32(17-7-2)21(3)4)31(24)16-15-30(25,5)39-31/h6-7,9-11,13-14,21,23-26,34H,1-2,8,12,15-20H2,3-5H3/t23-,24+,25+,26?,30-,31?/m1/s1. The van der Waals surface area contributed by atoms with Gasteiger partial charge in [0.05, 0.1) is 35.8 Å². The van der Waals surface area contributed by atoms with Crippen LogP contribution in [0.1, 0.15) is 52.0 Å². The second kappa shape index (κ2) is 11.9. The third kappa shape index (κ3) is 5.18. The molecule has 3 aliphatic heterocycles.